The molecule has 2 aromatic carbocycles. The summed E-state index contributed by atoms with van der Waals surface area (Å²) >= 11 is 0. The van der Waals surface area contributed by atoms with Crippen LogP contribution in [0.4, 0.5) is 0 Å². The second-order valence-electron chi connectivity index (χ2n) is 7.38. The Hall–Kier alpha value is -3.48. The standard InChI is InChI=1S/C22H24N6O/c1-16(2)28-14-19(20-5-3-4-6-21(20)28)11-12-23-22(29)18-9-7-17(8-10-18)13-27-15-24-25-26-27/h3-10,14-16H,11-13H2,1-2H3,(H,23,29). The fourth-order valence-corrected chi connectivity index (χ4v) is 3.52. The zero-order chi connectivity index (χ0) is 20.2. The first-order valence-electron chi connectivity index (χ1n) is 9.78. The van der Waals surface area contributed by atoms with Crippen molar-refractivity contribution in [2.45, 2.75) is 32.9 Å². The highest BCUT2D eigenvalue weighted by molar-refractivity contribution is 5.94. The second-order valence-corrected chi connectivity index (χ2v) is 7.38. The van der Waals surface area contributed by atoms with E-state index in [0.29, 0.717) is 24.7 Å². The summed E-state index contributed by atoms with van der Waals surface area (Å²) in [6.07, 6.45) is 4.57. The molecule has 148 valence electrons. The van der Waals surface area contributed by atoms with Crippen molar-refractivity contribution in [2.75, 3.05) is 6.54 Å². The summed E-state index contributed by atoms with van der Waals surface area (Å²) in [4.78, 5) is 12.5. The minimum absolute atomic E-state index is 0.0634. The van der Waals surface area contributed by atoms with Gasteiger partial charge in [-0.3, -0.25) is 4.79 Å². The highest BCUT2D eigenvalue weighted by Crippen LogP contribution is 2.24. The Morgan fingerprint density at radius 3 is 2.62 bits per heavy atom. The summed E-state index contributed by atoms with van der Waals surface area (Å²) in [5.41, 5.74) is 4.18. The van der Waals surface area contributed by atoms with Gasteiger partial charge in [-0.15, -0.1) is 5.10 Å². The molecule has 0 aliphatic heterocycles. The first-order valence-corrected chi connectivity index (χ1v) is 9.78. The molecule has 0 atom stereocenters. The Balaban J connectivity index is 1.37. The molecular weight excluding hydrogens is 364 g/mol. The van der Waals surface area contributed by atoms with E-state index in [-0.39, 0.29) is 5.91 Å². The molecule has 7 nitrogen and oxygen atoms in total. The van der Waals surface area contributed by atoms with E-state index >= 15 is 0 Å². The summed E-state index contributed by atoms with van der Waals surface area (Å²) in [5.74, 6) is -0.0634. The molecule has 0 saturated carbocycles. The van der Waals surface area contributed by atoms with Gasteiger partial charge in [-0.05, 0) is 60.0 Å². The van der Waals surface area contributed by atoms with E-state index in [1.807, 2.05) is 24.3 Å². The quantitative estimate of drug-likeness (QED) is 0.527. The largest absolute Gasteiger partial charge is 0.352 e. The maximum absolute atomic E-state index is 12.5. The lowest BCUT2D eigenvalue weighted by molar-refractivity contribution is 0.0954. The van der Waals surface area contributed by atoms with Crippen molar-refractivity contribution in [1.29, 1.82) is 0 Å². The van der Waals surface area contributed by atoms with Gasteiger partial charge in [-0.2, -0.15) is 0 Å². The van der Waals surface area contributed by atoms with Crippen molar-refractivity contribution in [2.24, 2.45) is 0 Å². The van der Waals surface area contributed by atoms with Gasteiger partial charge in [0.15, 0.2) is 0 Å². The number of para-hydroxylation sites is 1. The summed E-state index contributed by atoms with van der Waals surface area (Å²) in [6, 6.07) is 16.3. The number of fused-ring (bicyclic) bond motifs is 1. The topological polar surface area (TPSA) is 77.6 Å². The van der Waals surface area contributed by atoms with Crippen molar-refractivity contribution in [3.63, 3.8) is 0 Å². The van der Waals surface area contributed by atoms with E-state index in [4.69, 9.17) is 0 Å². The van der Waals surface area contributed by atoms with Gasteiger partial charge in [0.1, 0.15) is 6.33 Å². The van der Waals surface area contributed by atoms with Crippen LogP contribution >= 0.6 is 0 Å². The number of rotatable bonds is 7. The third-order valence-electron chi connectivity index (χ3n) is 5.01. The molecular formula is C22H24N6O. The van der Waals surface area contributed by atoms with Crippen molar-refractivity contribution in [1.82, 2.24) is 30.1 Å². The molecule has 0 fully saturated rings. The fourth-order valence-electron chi connectivity index (χ4n) is 3.52. The Morgan fingerprint density at radius 2 is 1.90 bits per heavy atom. The van der Waals surface area contributed by atoms with Crippen molar-refractivity contribution < 1.29 is 4.79 Å². The van der Waals surface area contributed by atoms with Gasteiger partial charge in [-0.1, -0.05) is 30.3 Å². The molecule has 0 spiro atoms. The van der Waals surface area contributed by atoms with Gasteiger partial charge in [0.05, 0.1) is 6.54 Å². The Kier molecular flexibility index (Phi) is 5.37. The number of carbonyl (C=O) groups is 1. The molecule has 1 amide bonds. The number of tetrazole rings is 1. The number of carbonyl (C=O) groups excluding carboxylic acids is 1. The van der Waals surface area contributed by atoms with Crippen LogP contribution in [0, 0.1) is 0 Å². The second kappa shape index (κ2) is 8.26. The SMILES string of the molecule is CC(C)n1cc(CCNC(=O)c2ccc(Cn3cnnn3)cc2)c2ccccc21. The van der Waals surface area contributed by atoms with Crippen molar-refractivity contribution in [3.05, 3.63) is 77.7 Å². The predicted molar refractivity (Wildman–Crippen MR) is 112 cm³/mol. The van der Waals surface area contributed by atoms with E-state index in [1.54, 1.807) is 11.0 Å². The van der Waals surface area contributed by atoms with Crippen LogP contribution in [0.2, 0.25) is 0 Å². The minimum atomic E-state index is -0.0634. The van der Waals surface area contributed by atoms with Gasteiger partial charge < -0.3 is 9.88 Å². The molecule has 7 heteroatoms. The lowest BCUT2D eigenvalue weighted by Gasteiger charge is -2.08. The van der Waals surface area contributed by atoms with Crippen LogP contribution in [0.3, 0.4) is 0 Å². The maximum Gasteiger partial charge on any atom is 0.251 e. The molecule has 0 aliphatic rings. The van der Waals surface area contributed by atoms with Crippen LogP contribution in [0.5, 0.6) is 0 Å². The van der Waals surface area contributed by atoms with E-state index in [2.05, 4.69) is 69.7 Å². The van der Waals surface area contributed by atoms with Crippen LogP contribution in [-0.2, 0) is 13.0 Å². The molecule has 0 bridgehead atoms. The molecule has 4 rings (SSSR count). The zero-order valence-electron chi connectivity index (χ0n) is 16.6. The molecule has 0 unspecified atom stereocenters. The van der Waals surface area contributed by atoms with Gasteiger partial charge in [0.25, 0.3) is 5.91 Å². The zero-order valence-corrected chi connectivity index (χ0v) is 16.6. The number of hydrogen-bond donors (Lipinski definition) is 1. The minimum Gasteiger partial charge on any atom is -0.352 e. The third kappa shape index (κ3) is 4.18. The van der Waals surface area contributed by atoms with Crippen molar-refractivity contribution in [3.8, 4) is 0 Å². The molecule has 1 N–H and O–H groups in total. The normalized spacial score (nSPS) is 11.3. The molecule has 2 aromatic heterocycles. The van der Waals surface area contributed by atoms with E-state index in [1.165, 1.54) is 16.5 Å². The van der Waals surface area contributed by atoms with Gasteiger partial charge in [0, 0.05) is 35.2 Å². The number of hydrogen-bond acceptors (Lipinski definition) is 4. The van der Waals surface area contributed by atoms with Crippen LogP contribution in [0.1, 0.15) is 41.4 Å². The van der Waals surface area contributed by atoms with Gasteiger partial charge in [-0.25, -0.2) is 4.68 Å². The highest BCUT2D eigenvalue weighted by atomic mass is 16.1. The van der Waals surface area contributed by atoms with Gasteiger partial charge >= 0.3 is 0 Å². The lowest BCUT2D eigenvalue weighted by atomic mass is 10.1. The number of nitrogens with one attached hydrogen (secondary N) is 1. The average Bonchev–Trinajstić information content (AvgIpc) is 3.37. The van der Waals surface area contributed by atoms with Crippen LogP contribution in [-0.4, -0.2) is 37.2 Å². The maximum atomic E-state index is 12.5. The number of amides is 1. The predicted octanol–water partition coefficient (Wildman–Crippen LogP) is 3.23. The summed E-state index contributed by atoms with van der Waals surface area (Å²) in [5, 5.41) is 15.4. The third-order valence-corrected chi connectivity index (χ3v) is 5.01. The molecule has 29 heavy (non-hydrogen) atoms. The molecule has 0 radical (unpaired) electrons. The summed E-state index contributed by atoms with van der Waals surface area (Å²) in [7, 11) is 0. The van der Waals surface area contributed by atoms with Crippen LogP contribution in [0.15, 0.2) is 61.1 Å². The first-order chi connectivity index (χ1) is 14.1. The number of aromatic nitrogens is 5. The van der Waals surface area contributed by atoms with Crippen molar-refractivity contribution >= 4 is 16.8 Å². The summed E-state index contributed by atoms with van der Waals surface area (Å²) in [6.45, 7) is 5.54. The number of nitrogens with zero attached hydrogens (tertiary/aromatic N) is 5. The van der Waals surface area contributed by atoms with E-state index in [0.717, 1.165) is 12.0 Å². The molecule has 0 saturated heterocycles. The van der Waals surface area contributed by atoms with E-state index in [9.17, 15) is 4.79 Å². The highest BCUT2D eigenvalue weighted by Gasteiger charge is 2.11. The van der Waals surface area contributed by atoms with E-state index < -0.39 is 0 Å². The smallest absolute Gasteiger partial charge is 0.251 e. The molecule has 0 aliphatic carbocycles. The average molecular weight is 388 g/mol. The van der Waals surface area contributed by atoms with Crippen LogP contribution in [0.25, 0.3) is 10.9 Å². The Bertz CT molecular complexity index is 1100. The summed E-state index contributed by atoms with van der Waals surface area (Å²) < 4.78 is 3.93. The van der Waals surface area contributed by atoms with Crippen LogP contribution < -0.4 is 5.32 Å². The first kappa shape index (κ1) is 18.9. The molecule has 4 aromatic rings. The monoisotopic (exact) mass is 388 g/mol. The lowest BCUT2D eigenvalue weighted by Crippen LogP contribution is -2.25. The molecule has 2 heterocycles. The van der Waals surface area contributed by atoms with Gasteiger partial charge in [0.2, 0.25) is 0 Å². The Morgan fingerprint density at radius 1 is 1.10 bits per heavy atom. The number of benzene rings is 2. The Labute approximate surface area is 169 Å². The fraction of sp³-hybridized carbons (Fsp3) is 0.273.